The summed E-state index contributed by atoms with van der Waals surface area (Å²) in [6, 6.07) is 7.13. The van der Waals surface area contributed by atoms with E-state index in [1.165, 1.54) is 0 Å². The Morgan fingerprint density at radius 3 is 2.68 bits per heavy atom. The van der Waals surface area contributed by atoms with E-state index in [-0.39, 0.29) is 18.5 Å². The number of rotatable bonds is 5. The zero-order valence-electron chi connectivity index (χ0n) is 12.6. The van der Waals surface area contributed by atoms with Crippen LogP contribution in [0.2, 0.25) is 0 Å². The highest BCUT2D eigenvalue weighted by Gasteiger charge is 2.29. The van der Waals surface area contributed by atoms with Crippen molar-refractivity contribution in [2.24, 2.45) is 0 Å². The van der Waals surface area contributed by atoms with Crippen molar-refractivity contribution in [3.8, 4) is 0 Å². The zero-order valence-corrected chi connectivity index (χ0v) is 14.2. The second-order valence-electron chi connectivity index (χ2n) is 5.66. The van der Waals surface area contributed by atoms with Crippen molar-refractivity contribution in [1.29, 1.82) is 0 Å². The van der Waals surface area contributed by atoms with E-state index in [1.54, 1.807) is 4.90 Å². The van der Waals surface area contributed by atoms with Crippen molar-refractivity contribution in [2.45, 2.75) is 38.3 Å². The fourth-order valence-corrected chi connectivity index (χ4v) is 3.03. The van der Waals surface area contributed by atoms with Crippen LogP contribution >= 0.6 is 15.9 Å². The largest absolute Gasteiger partial charge is 0.480 e. The van der Waals surface area contributed by atoms with Gasteiger partial charge in [-0.15, -0.1) is 0 Å². The van der Waals surface area contributed by atoms with Crippen LogP contribution in [-0.4, -0.2) is 41.0 Å². The second-order valence-corrected chi connectivity index (χ2v) is 6.58. The van der Waals surface area contributed by atoms with Crippen LogP contribution in [0.3, 0.4) is 0 Å². The first-order valence-corrected chi connectivity index (χ1v) is 8.28. The Hall–Kier alpha value is -1.40. The minimum atomic E-state index is -0.839. The molecular formula is C16H21BrN2O3. The number of carboxylic acid groups (broad SMARTS) is 1. The molecule has 5 nitrogen and oxygen atoms in total. The summed E-state index contributed by atoms with van der Waals surface area (Å²) in [4.78, 5) is 25.2. The molecule has 2 atom stereocenters. The fraction of sp³-hybridized carbons (Fsp3) is 0.500. The lowest BCUT2D eigenvalue weighted by atomic mass is 10.0. The summed E-state index contributed by atoms with van der Waals surface area (Å²) >= 11 is 3.38. The Balaban J connectivity index is 1.91. The number of carbonyl (C=O) groups is 2. The van der Waals surface area contributed by atoms with Gasteiger partial charge in [-0.25, -0.2) is 0 Å². The summed E-state index contributed by atoms with van der Waals surface area (Å²) in [5.41, 5.74) is 1.02. The summed E-state index contributed by atoms with van der Waals surface area (Å²) in [7, 11) is 0. The number of halogens is 1. The maximum absolute atomic E-state index is 12.2. The maximum atomic E-state index is 12.2. The van der Waals surface area contributed by atoms with Gasteiger partial charge in [-0.3, -0.25) is 14.5 Å². The van der Waals surface area contributed by atoms with Crippen LogP contribution in [0.1, 0.15) is 37.8 Å². The second kappa shape index (κ2) is 7.74. The number of piperidine rings is 1. The summed E-state index contributed by atoms with van der Waals surface area (Å²) in [5, 5.41) is 12.2. The van der Waals surface area contributed by atoms with Gasteiger partial charge in [-0.2, -0.15) is 0 Å². The lowest BCUT2D eigenvalue weighted by Crippen LogP contribution is -2.49. The number of nitrogens with one attached hydrogen (secondary N) is 1. The number of benzene rings is 1. The molecule has 0 spiro atoms. The lowest BCUT2D eigenvalue weighted by Gasteiger charge is -2.32. The van der Waals surface area contributed by atoms with E-state index in [9.17, 15) is 14.7 Å². The summed E-state index contributed by atoms with van der Waals surface area (Å²) in [6.45, 7) is 2.72. The molecular weight excluding hydrogens is 348 g/mol. The molecule has 22 heavy (non-hydrogen) atoms. The molecule has 0 saturated carbocycles. The van der Waals surface area contributed by atoms with Crippen LogP contribution in [0.15, 0.2) is 28.7 Å². The molecule has 1 fully saturated rings. The predicted octanol–water partition coefficient (Wildman–Crippen LogP) is 2.57. The van der Waals surface area contributed by atoms with Crippen LogP contribution in [0.25, 0.3) is 0 Å². The quantitative estimate of drug-likeness (QED) is 0.837. The van der Waals surface area contributed by atoms with Gasteiger partial charge >= 0.3 is 5.97 Å². The molecule has 1 aromatic carbocycles. The zero-order chi connectivity index (χ0) is 16.1. The molecule has 0 aromatic heterocycles. The predicted molar refractivity (Wildman–Crippen MR) is 87.5 cm³/mol. The number of amides is 1. The lowest BCUT2D eigenvalue weighted by molar-refractivity contribution is -0.145. The number of hydrogen-bond donors (Lipinski definition) is 2. The molecule has 2 rings (SSSR count). The average molecular weight is 369 g/mol. The van der Waals surface area contributed by atoms with Gasteiger partial charge in [0.2, 0.25) is 5.91 Å². The molecule has 0 bridgehead atoms. The van der Waals surface area contributed by atoms with E-state index in [1.807, 2.05) is 31.2 Å². The maximum Gasteiger partial charge on any atom is 0.320 e. The van der Waals surface area contributed by atoms with Gasteiger partial charge < -0.3 is 10.4 Å². The molecule has 2 N–H and O–H groups in total. The van der Waals surface area contributed by atoms with Crippen LogP contribution < -0.4 is 5.32 Å². The Bertz CT molecular complexity index is 533. The third kappa shape index (κ3) is 4.55. The van der Waals surface area contributed by atoms with E-state index in [2.05, 4.69) is 21.2 Å². The van der Waals surface area contributed by atoms with E-state index in [4.69, 9.17) is 0 Å². The average Bonchev–Trinajstić information content (AvgIpc) is 2.48. The summed E-state index contributed by atoms with van der Waals surface area (Å²) < 4.78 is 0.993. The smallest absolute Gasteiger partial charge is 0.320 e. The van der Waals surface area contributed by atoms with E-state index in [0.29, 0.717) is 13.0 Å². The normalized spacial score (nSPS) is 20.4. The number of carbonyl (C=O) groups excluding carboxylic acids is 1. The van der Waals surface area contributed by atoms with E-state index < -0.39 is 12.0 Å². The van der Waals surface area contributed by atoms with Gasteiger partial charge in [-0.1, -0.05) is 34.5 Å². The molecule has 0 aliphatic carbocycles. The van der Waals surface area contributed by atoms with Crippen molar-refractivity contribution in [3.05, 3.63) is 34.3 Å². The van der Waals surface area contributed by atoms with Crippen molar-refractivity contribution in [3.63, 3.8) is 0 Å². The standard InChI is InChI=1S/C16H21BrN2O3/c1-11(12-5-7-13(17)8-6-12)18-15(20)10-19-9-3-2-4-14(19)16(21)22/h5-8,11,14H,2-4,9-10H2,1H3,(H,18,20)(H,21,22). The minimum Gasteiger partial charge on any atom is -0.480 e. The van der Waals surface area contributed by atoms with Gasteiger partial charge in [0.15, 0.2) is 0 Å². The highest BCUT2D eigenvalue weighted by molar-refractivity contribution is 9.10. The summed E-state index contributed by atoms with van der Waals surface area (Å²) in [6.07, 6.45) is 2.47. The number of likely N-dealkylation sites (tertiary alicyclic amines) is 1. The molecule has 120 valence electrons. The molecule has 0 radical (unpaired) electrons. The Labute approximate surface area is 138 Å². The number of nitrogens with zero attached hydrogens (tertiary/aromatic N) is 1. The molecule has 1 aromatic rings. The van der Waals surface area contributed by atoms with Gasteiger partial charge in [0.25, 0.3) is 0 Å². The fourth-order valence-electron chi connectivity index (χ4n) is 2.77. The monoisotopic (exact) mass is 368 g/mol. The van der Waals surface area contributed by atoms with E-state index in [0.717, 1.165) is 22.9 Å². The molecule has 1 heterocycles. The molecule has 1 amide bonds. The van der Waals surface area contributed by atoms with Crippen molar-refractivity contribution < 1.29 is 14.7 Å². The van der Waals surface area contributed by atoms with Crippen LogP contribution in [0.5, 0.6) is 0 Å². The molecule has 1 aliphatic rings. The van der Waals surface area contributed by atoms with Crippen LogP contribution in [0.4, 0.5) is 0 Å². The molecule has 1 saturated heterocycles. The number of hydrogen-bond acceptors (Lipinski definition) is 3. The van der Waals surface area contributed by atoms with Gasteiger partial charge in [0.1, 0.15) is 6.04 Å². The number of carboxylic acids is 1. The first-order valence-electron chi connectivity index (χ1n) is 7.49. The highest BCUT2D eigenvalue weighted by Crippen LogP contribution is 2.18. The van der Waals surface area contributed by atoms with Gasteiger partial charge in [0, 0.05) is 4.47 Å². The Kier molecular flexibility index (Phi) is 5.97. The third-order valence-electron chi connectivity index (χ3n) is 3.99. The first kappa shape index (κ1) is 17.0. The SMILES string of the molecule is CC(NC(=O)CN1CCCCC1C(=O)O)c1ccc(Br)cc1. The van der Waals surface area contributed by atoms with E-state index >= 15 is 0 Å². The molecule has 6 heteroatoms. The van der Waals surface area contributed by atoms with Gasteiger partial charge in [0.05, 0.1) is 12.6 Å². The van der Waals surface area contributed by atoms with Crippen molar-refractivity contribution in [1.82, 2.24) is 10.2 Å². The van der Waals surface area contributed by atoms with Crippen LogP contribution in [-0.2, 0) is 9.59 Å². The van der Waals surface area contributed by atoms with Gasteiger partial charge in [-0.05, 0) is 44.0 Å². The first-order chi connectivity index (χ1) is 10.5. The van der Waals surface area contributed by atoms with Crippen LogP contribution in [0, 0.1) is 0 Å². The highest BCUT2D eigenvalue weighted by atomic mass is 79.9. The summed E-state index contributed by atoms with van der Waals surface area (Å²) in [5.74, 6) is -0.975. The minimum absolute atomic E-state index is 0.103. The third-order valence-corrected chi connectivity index (χ3v) is 4.52. The Morgan fingerprint density at radius 2 is 2.05 bits per heavy atom. The number of aliphatic carboxylic acids is 1. The topological polar surface area (TPSA) is 69.6 Å². The van der Waals surface area contributed by atoms with Crippen molar-refractivity contribution >= 4 is 27.8 Å². The molecule has 2 unspecified atom stereocenters. The van der Waals surface area contributed by atoms with Crippen molar-refractivity contribution in [2.75, 3.05) is 13.1 Å². The Morgan fingerprint density at radius 1 is 1.36 bits per heavy atom. The molecule has 1 aliphatic heterocycles.